The van der Waals surface area contributed by atoms with Gasteiger partial charge in [-0.25, -0.2) is 4.99 Å². The number of nitrogens with one attached hydrogen (secondary N) is 2. The first-order valence-corrected chi connectivity index (χ1v) is 9.05. The van der Waals surface area contributed by atoms with Gasteiger partial charge in [0, 0.05) is 31.7 Å². The number of nitrogens with zero attached hydrogens (tertiary/aromatic N) is 2. The molecule has 1 heterocycles. The molecule has 0 bridgehead atoms. The van der Waals surface area contributed by atoms with E-state index in [9.17, 15) is 9.59 Å². The Kier molecular flexibility index (Phi) is 6.60. The van der Waals surface area contributed by atoms with Gasteiger partial charge in [0.2, 0.25) is 11.8 Å². The summed E-state index contributed by atoms with van der Waals surface area (Å²) in [6.07, 6.45) is 1.55. The Morgan fingerprint density at radius 1 is 1.27 bits per heavy atom. The minimum atomic E-state index is -0.653. The van der Waals surface area contributed by atoms with E-state index >= 15 is 0 Å². The summed E-state index contributed by atoms with van der Waals surface area (Å²) < 4.78 is 0. The van der Waals surface area contributed by atoms with Crippen molar-refractivity contribution in [3.63, 3.8) is 0 Å². The Bertz CT molecular complexity index is 667. The SMILES string of the molecule is CCNC(=NCc1ccc(N2CCCC2=O)cc1)NCC(C)(C)C(N)=O. The molecule has 1 aliphatic heterocycles. The van der Waals surface area contributed by atoms with Crippen LogP contribution in [-0.2, 0) is 16.1 Å². The van der Waals surface area contributed by atoms with Crippen molar-refractivity contribution in [2.45, 2.75) is 40.2 Å². The smallest absolute Gasteiger partial charge is 0.227 e. The number of rotatable bonds is 7. The van der Waals surface area contributed by atoms with E-state index < -0.39 is 5.41 Å². The maximum Gasteiger partial charge on any atom is 0.227 e. The molecule has 2 amide bonds. The van der Waals surface area contributed by atoms with Crippen LogP contribution in [0.3, 0.4) is 0 Å². The predicted octanol–water partition coefficient (Wildman–Crippen LogP) is 1.38. The van der Waals surface area contributed by atoms with E-state index in [2.05, 4.69) is 15.6 Å². The second-order valence-electron chi connectivity index (χ2n) is 7.11. The summed E-state index contributed by atoms with van der Waals surface area (Å²) in [5.74, 6) is 0.472. The number of anilines is 1. The molecule has 1 aromatic rings. The number of nitrogens with two attached hydrogens (primary N) is 1. The number of carbonyl (C=O) groups is 2. The first kappa shape index (κ1) is 19.8. The molecular weight excluding hydrogens is 330 g/mol. The van der Waals surface area contributed by atoms with Crippen molar-refractivity contribution >= 4 is 23.5 Å². The fourth-order valence-electron chi connectivity index (χ4n) is 2.61. The Hall–Kier alpha value is -2.57. The lowest BCUT2D eigenvalue weighted by Gasteiger charge is -2.22. The highest BCUT2D eigenvalue weighted by Crippen LogP contribution is 2.21. The number of benzene rings is 1. The van der Waals surface area contributed by atoms with Gasteiger partial charge in [0.15, 0.2) is 5.96 Å². The molecule has 0 radical (unpaired) electrons. The minimum Gasteiger partial charge on any atom is -0.369 e. The molecule has 1 saturated heterocycles. The van der Waals surface area contributed by atoms with Crippen LogP contribution in [0.15, 0.2) is 29.3 Å². The van der Waals surface area contributed by atoms with Crippen LogP contribution in [0, 0.1) is 5.41 Å². The Morgan fingerprint density at radius 2 is 1.96 bits per heavy atom. The average Bonchev–Trinajstić information content (AvgIpc) is 3.04. The van der Waals surface area contributed by atoms with Gasteiger partial charge in [-0.05, 0) is 44.9 Å². The average molecular weight is 359 g/mol. The third-order valence-electron chi connectivity index (χ3n) is 4.45. The molecule has 7 nitrogen and oxygen atoms in total. The van der Waals surface area contributed by atoms with Gasteiger partial charge in [-0.3, -0.25) is 9.59 Å². The topological polar surface area (TPSA) is 99.8 Å². The van der Waals surface area contributed by atoms with Crippen molar-refractivity contribution in [2.75, 3.05) is 24.5 Å². The predicted molar refractivity (Wildman–Crippen MR) is 104 cm³/mol. The Labute approximate surface area is 155 Å². The fraction of sp³-hybridized carbons (Fsp3) is 0.526. The summed E-state index contributed by atoms with van der Waals surface area (Å²) in [5.41, 5.74) is 6.74. The number of primary amides is 1. The van der Waals surface area contributed by atoms with E-state index in [1.54, 1.807) is 13.8 Å². The molecule has 4 N–H and O–H groups in total. The molecule has 0 unspecified atom stereocenters. The number of aliphatic imine (C=N–C) groups is 1. The maximum absolute atomic E-state index is 11.8. The molecule has 0 spiro atoms. The van der Waals surface area contributed by atoms with Crippen molar-refractivity contribution in [3.05, 3.63) is 29.8 Å². The molecule has 7 heteroatoms. The summed E-state index contributed by atoms with van der Waals surface area (Å²) in [7, 11) is 0. The van der Waals surface area contributed by atoms with Gasteiger partial charge in [-0.15, -0.1) is 0 Å². The second kappa shape index (κ2) is 8.69. The molecule has 0 aromatic heterocycles. The van der Waals surface area contributed by atoms with Crippen molar-refractivity contribution in [3.8, 4) is 0 Å². The number of hydrogen-bond acceptors (Lipinski definition) is 3. The van der Waals surface area contributed by atoms with Crippen LogP contribution < -0.4 is 21.3 Å². The van der Waals surface area contributed by atoms with Crippen LogP contribution in [0.2, 0.25) is 0 Å². The van der Waals surface area contributed by atoms with E-state index in [-0.39, 0.29) is 11.8 Å². The van der Waals surface area contributed by atoms with Gasteiger partial charge in [0.1, 0.15) is 0 Å². The molecule has 1 fully saturated rings. The van der Waals surface area contributed by atoms with E-state index in [1.165, 1.54) is 0 Å². The van der Waals surface area contributed by atoms with Crippen LogP contribution in [0.1, 0.15) is 39.2 Å². The minimum absolute atomic E-state index is 0.187. The molecule has 142 valence electrons. The summed E-state index contributed by atoms with van der Waals surface area (Å²) in [6, 6.07) is 7.90. The zero-order valence-electron chi connectivity index (χ0n) is 15.8. The summed E-state index contributed by atoms with van der Waals surface area (Å²) in [5, 5.41) is 6.32. The normalized spacial score (nSPS) is 15.3. The molecule has 1 aliphatic rings. The number of hydrogen-bond donors (Lipinski definition) is 3. The summed E-state index contributed by atoms with van der Waals surface area (Å²) >= 11 is 0. The molecular formula is C19H29N5O2. The lowest BCUT2D eigenvalue weighted by molar-refractivity contribution is -0.125. The van der Waals surface area contributed by atoms with Crippen molar-refractivity contribution in [1.29, 1.82) is 0 Å². The molecule has 0 aliphatic carbocycles. The van der Waals surface area contributed by atoms with Gasteiger partial charge in [0.05, 0.1) is 12.0 Å². The van der Waals surface area contributed by atoms with Gasteiger partial charge < -0.3 is 21.3 Å². The third-order valence-corrected chi connectivity index (χ3v) is 4.45. The monoisotopic (exact) mass is 359 g/mol. The zero-order chi connectivity index (χ0) is 19.2. The highest BCUT2D eigenvalue weighted by Gasteiger charge is 2.25. The molecule has 0 atom stereocenters. The second-order valence-corrected chi connectivity index (χ2v) is 7.11. The summed E-state index contributed by atoms with van der Waals surface area (Å²) in [4.78, 5) is 29.6. The van der Waals surface area contributed by atoms with Crippen LogP contribution in [-0.4, -0.2) is 37.4 Å². The first-order chi connectivity index (χ1) is 12.3. The largest absolute Gasteiger partial charge is 0.369 e. The number of carbonyl (C=O) groups excluding carboxylic acids is 2. The fourth-order valence-corrected chi connectivity index (χ4v) is 2.61. The Balaban J connectivity index is 1.98. The van der Waals surface area contributed by atoms with Crippen LogP contribution in [0.25, 0.3) is 0 Å². The molecule has 1 aromatic carbocycles. The lowest BCUT2D eigenvalue weighted by atomic mass is 9.93. The zero-order valence-corrected chi connectivity index (χ0v) is 15.8. The molecule has 2 rings (SSSR count). The van der Waals surface area contributed by atoms with E-state index in [4.69, 9.17) is 5.73 Å². The highest BCUT2D eigenvalue weighted by molar-refractivity contribution is 5.95. The van der Waals surface area contributed by atoms with Crippen molar-refractivity contribution < 1.29 is 9.59 Å². The van der Waals surface area contributed by atoms with Crippen LogP contribution in [0.4, 0.5) is 5.69 Å². The van der Waals surface area contributed by atoms with Crippen molar-refractivity contribution in [1.82, 2.24) is 10.6 Å². The van der Waals surface area contributed by atoms with Gasteiger partial charge in [-0.2, -0.15) is 0 Å². The first-order valence-electron chi connectivity index (χ1n) is 9.05. The van der Waals surface area contributed by atoms with E-state index in [0.717, 1.165) is 30.8 Å². The standard InChI is InChI=1S/C19H29N5O2/c1-4-21-18(23-13-19(2,3)17(20)26)22-12-14-7-9-15(10-8-14)24-11-5-6-16(24)25/h7-10H,4-6,11-13H2,1-3H3,(H2,20,26)(H2,21,22,23). The number of guanidine groups is 1. The van der Waals surface area contributed by atoms with Crippen LogP contribution in [0.5, 0.6) is 0 Å². The Morgan fingerprint density at radius 3 is 2.50 bits per heavy atom. The molecule has 26 heavy (non-hydrogen) atoms. The maximum atomic E-state index is 11.8. The van der Waals surface area contributed by atoms with Gasteiger partial charge >= 0.3 is 0 Å². The van der Waals surface area contributed by atoms with Gasteiger partial charge in [0.25, 0.3) is 0 Å². The van der Waals surface area contributed by atoms with Crippen LogP contribution >= 0.6 is 0 Å². The summed E-state index contributed by atoms with van der Waals surface area (Å²) in [6.45, 7) is 8.00. The lowest BCUT2D eigenvalue weighted by Crippen LogP contribution is -2.46. The van der Waals surface area contributed by atoms with E-state index in [1.807, 2.05) is 36.1 Å². The quantitative estimate of drug-likeness (QED) is 0.506. The molecule has 0 saturated carbocycles. The van der Waals surface area contributed by atoms with Gasteiger partial charge in [-0.1, -0.05) is 12.1 Å². The number of amides is 2. The van der Waals surface area contributed by atoms with Crippen molar-refractivity contribution in [2.24, 2.45) is 16.1 Å². The van der Waals surface area contributed by atoms with E-state index in [0.29, 0.717) is 25.5 Å². The third kappa shape index (κ3) is 5.21. The highest BCUT2D eigenvalue weighted by atomic mass is 16.2.